The molecule has 2 aromatic rings. The molecule has 0 spiro atoms. The standard InChI is InChI=1S/C16H13Br2FN2O4S/c1-21(7-13(22)20-10-4-2-9(19)3-5-10)14(23)8-25-16(24)12-6-11(17)15(18)26-12/h2-6H,7-8H2,1H3,(H,20,22). The zero-order valence-electron chi connectivity index (χ0n) is 13.4. The topological polar surface area (TPSA) is 75.7 Å². The van der Waals surface area contributed by atoms with Gasteiger partial charge in [-0.3, -0.25) is 9.59 Å². The van der Waals surface area contributed by atoms with Crippen molar-refractivity contribution in [3.8, 4) is 0 Å². The molecule has 0 radical (unpaired) electrons. The van der Waals surface area contributed by atoms with E-state index in [1.165, 1.54) is 42.6 Å². The maximum Gasteiger partial charge on any atom is 0.348 e. The van der Waals surface area contributed by atoms with E-state index in [-0.39, 0.29) is 6.54 Å². The van der Waals surface area contributed by atoms with E-state index >= 15 is 0 Å². The van der Waals surface area contributed by atoms with Gasteiger partial charge >= 0.3 is 5.97 Å². The number of ether oxygens (including phenoxy) is 1. The van der Waals surface area contributed by atoms with E-state index < -0.39 is 30.2 Å². The number of rotatable bonds is 6. The Morgan fingerprint density at radius 2 is 1.88 bits per heavy atom. The van der Waals surface area contributed by atoms with E-state index in [0.717, 1.165) is 13.2 Å². The second kappa shape index (κ2) is 9.24. The average molecular weight is 508 g/mol. The van der Waals surface area contributed by atoms with Crippen molar-refractivity contribution >= 4 is 66.7 Å². The zero-order chi connectivity index (χ0) is 19.3. The smallest absolute Gasteiger partial charge is 0.348 e. The van der Waals surface area contributed by atoms with Gasteiger partial charge < -0.3 is 15.0 Å². The number of carbonyl (C=O) groups excluding carboxylic acids is 3. The number of anilines is 1. The second-order valence-corrected chi connectivity index (χ2v) is 8.34. The first-order valence-corrected chi connectivity index (χ1v) is 9.58. The van der Waals surface area contributed by atoms with Gasteiger partial charge in [0.2, 0.25) is 5.91 Å². The largest absolute Gasteiger partial charge is 0.451 e. The van der Waals surface area contributed by atoms with Crippen LogP contribution in [-0.4, -0.2) is 42.9 Å². The first-order valence-electron chi connectivity index (χ1n) is 7.17. The maximum atomic E-state index is 12.8. The van der Waals surface area contributed by atoms with Crippen molar-refractivity contribution < 1.29 is 23.5 Å². The summed E-state index contributed by atoms with van der Waals surface area (Å²) >= 11 is 7.71. The lowest BCUT2D eigenvalue weighted by molar-refractivity contribution is -0.136. The average Bonchev–Trinajstić information content (AvgIpc) is 2.93. The summed E-state index contributed by atoms with van der Waals surface area (Å²) in [5, 5.41) is 2.54. The van der Waals surface area contributed by atoms with Gasteiger partial charge in [0.15, 0.2) is 6.61 Å². The normalized spacial score (nSPS) is 10.3. The molecule has 0 saturated heterocycles. The Bertz CT molecular complexity index is 807. The number of hydrogen-bond acceptors (Lipinski definition) is 5. The molecular formula is C16H13Br2FN2O4S. The monoisotopic (exact) mass is 506 g/mol. The molecule has 0 fully saturated rings. The van der Waals surface area contributed by atoms with E-state index in [2.05, 4.69) is 37.2 Å². The predicted molar refractivity (Wildman–Crippen MR) is 103 cm³/mol. The Hall–Kier alpha value is -1.78. The molecule has 0 unspecified atom stereocenters. The first-order chi connectivity index (χ1) is 12.3. The molecule has 0 bridgehead atoms. The van der Waals surface area contributed by atoms with Gasteiger partial charge in [-0.2, -0.15) is 0 Å². The summed E-state index contributed by atoms with van der Waals surface area (Å²) in [6, 6.07) is 6.83. The van der Waals surface area contributed by atoms with Crippen molar-refractivity contribution in [3.05, 3.63) is 49.3 Å². The molecule has 1 heterocycles. The van der Waals surface area contributed by atoms with E-state index in [9.17, 15) is 18.8 Å². The van der Waals surface area contributed by atoms with Gasteiger partial charge in [-0.15, -0.1) is 11.3 Å². The Morgan fingerprint density at radius 3 is 2.46 bits per heavy atom. The number of nitrogens with one attached hydrogen (secondary N) is 1. The van der Waals surface area contributed by atoms with Crippen molar-refractivity contribution in [1.29, 1.82) is 0 Å². The molecule has 6 nitrogen and oxygen atoms in total. The Labute approximate surface area is 169 Å². The number of nitrogens with zero attached hydrogens (tertiary/aromatic N) is 1. The molecule has 1 aromatic carbocycles. The molecule has 2 amide bonds. The number of thiophene rings is 1. The number of benzene rings is 1. The molecule has 10 heteroatoms. The van der Waals surface area contributed by atoms with Gasteiger partial charge in [-0.25, -0.2) is 9.18 Å². The van der Waals surface area contributed by atoms with Crippen LogP contribution in [0.4, 0.5) is 10.1 Å². The summed E-state index contributed by atoms with van der Waals surface area (Å²) in [6.07, 6.45) is 0. The summed E-state index contributed by atoms with van der Waals surface area (Å²) in [6.45, 7) is -0.712. The molecule has 0 atom stereocenters. The number of carbonyl (C=O) groups is 3. The highest BCUT2D eigenvalue weighted by Crippen LogP contribution is 2.32. The fourth-order valence-electron chi connectivity index (χ4n) is 1.79. The number of likely N-dealkylation sites (N-methyl/N-ethyl adjacent to an activating group) is 1. The second-order valence-electron chi connectivity index (χ2n) is 5.11. The molecule has 26 heavy (non-hydrogen) atoms. The van der Waals surface area contributed by atoms with Gasteiger partial charge in [0, 0.05) is 17.2 Å². The zero-order valence-corrected chi connectivity index (χ0v) is 17.4. The van der Waals surface area contributed by atoms with Gasteiger partial charge in [0.25, 0.3) is 5.91 Å². The first kappa shape index (κ1) is 20.5. The lowest BCUT2D eigenvalue weighted by Gasteiger charge is -2.16. The lowest BCUT2D eigenvalue weighted by atomic mass is 10.3. The number of esters is 1. The van der Waals surface area contributed by atoms with Crippen molar-refractivity contribution in [2.45, 2.75) is 0 Å². The van der Waals surface area contributed by atoms with Crippen LogP contribution in [0.5, 0.6) is 0 Å². The fourth-order valence-corrected chi connectivity index (χ4v) is 3.72. The van der Waals surface area contributed by atoms with Crippen molar-refractivity contribution in [1.82, 2.24) is 4.90 Å². The third-order valence-corrected chi connectivity index (χ3v) is 6.34. The fraction of sp³-hybridized carbons (Fsp3) is 0.188. The van der Waals surface area contributed by atoms with E-state index in [4.69, 9.17) is 4.74 Å². The summed E-state index contributed by atoms with van der Waals surface area (Å²) in [5.74, 6) is -2.02. The lowest BCUT2D eigenvalue weighted by Crippen LogP contribution is -2.37. The minimum atomic E-state index is -0.626. The summed E-state index contributed by atoms with van der Waals surface area (Å²) in [4.78, 5) is 37.3. The maximum absolute atomic E-state index is 12.8. The molecule has 1 N–H and O–H groups in total. The Morgan fingerprint density at radius 1 is 1.23 bits per heavy atom. The van der Waals surface area contributed by atoms with E-state index in [1.807, 2.05) is 0 Å². The third kappa shape index (κ3) is 5.89. The number of hydrogen-bond donors (Lipinski definition) is 1. The molecule has 0 aliphatic heterocycles. The molecule has 0 aliphatic carbocycles. The molecule has 138 valence electrons. The Kier molecular flexibility index (Phi) is 7.30. The molecule has 2 rings (SSSR count). The van der Waals surface area contributed by atoms with Crippen molar-refractivity contribution in [2.24, 2.45) is 0 Å². The Balaban J connectivity index is 1.80. The molecule has 0 saturated carbocycles. The van der Waals surface area contributed by atoms with Crippen LogP contribution < -0.4 is 5.32 Å². The minimum Gasteiger partial charge on any atom is -0.451 e. The highest BCUT2D eigenvalue weighted by molar-refractivity contribution is 9.13. The van der Waals surface area contributed by atoms with Gasteiger partial charge in [0.1, 0.15) is 10.7 Å². The van der Waals surface area contributed by atoms with Crippen LogP contribution in [0.3, 0.4) is 0 Å². The van der Waals surface area contributed by atoms with Gasteiger partial charge in [0.05, 0.1) is 10.3 Å². The van der Waals surface area contributed by atoms with Crippen LogP contribution in [0.25, 0.3) is 0 Å². The minimum absolute atomic E-state index is 0.232. The highest BCUT2D eigenvalue weighted by atomic mass is 79.9. The van der Waals surface area contributed by atoms with E-state index in [0.29, 0.717) is 10.6 Å². The third-order valence-electron chi connectivity index (χ3n) is 3.11. The highest BCUT2D eigenvalue weighted by Gasteiger charge is 2.18. The number of halogens is 3. The van der Waals surface area contributed by atoms with Crippen LogP contribution in [0.15, 0.2) is 38.6 Å². The van der Waals surface area contributed by atoms with Crippen LogP contribution in [-0.2, 0) is 14.3 Å². The predicted octanol–water partition coefficient (Wildman–Crippen LogP) is 3.67. The van der Waals surface area contributed by atoms with Crippen LogP contribution >= 0.6 is 43.2 Å². The van der Waals surface area contributed by atoms with E-state index in [1.54, 1.807) is 6.07 Å². The van der Waals surface area contributed by atoms with Crippen molar-refractivity contribution in [2.75, 3.05) is 25.5 Å². The molecule has 1 aromatic heterocycles. The molecule has 0 aliphatic rings. The number of amides is 2. The van der Waals surface area contributed by atoms with Crippen LogP contribution in [0.1, 0.15) is 9.67 Å². The van der Waals surface area contributed by atoms with Crippen LogP contribution in [0, 0.1) is 5.82 Å². The SMILES string of the molecule is CN(CC(=O)Nc1ccc(F)cc1)C(=O)COC(=O)c1cc(Br)c(Br)s1. The quantitative estimate of drug-likeness (QED) is 0.605. The summed E-state index contributed by atoms with van der Waals surface area (Å²) in [5.41, 5.74) is 0.414. The van der Waals surface area contributed by atoms with Gasteiger partial charge in [-0.1, -0.05) is 0 Å². The van der Waals surface area contributed by atoms with Gasteiger partial charge in [-0.05, 0) is 62.2 Å². The summed E-state index contributed by atoms with van der Waals surface area (Å²) < 4.78 is 19.2. The van der Waals surface area contributed by atoms with Crippen LogP contribution in [0.2, 0.25) is 0 Å². The summed E-state index contributed by atoms with van der Waals surface area (Å²) in [7, 11) is 1.42. The van der Waals surface area contributed by atoms with Crippen molar-refractivity contribution in [3.63, 3.8) is 0 Å². The molecular weight excluding hydrogens is 495 g/mol.